The highest BCUT2D eigenvalue weighted by atomic mass is 32.2. The van der Waals surface area contributed by atoms with Crippen LogP contribution in [-0.4, -0.2) is 52.2 Å². The molecular formula is C13H14N4O4S2. The average molecular weight is 354 g/mol. The maximum Gasteiger partial charge on any atom is 0.325 e. The van der Waals surface area contributed by atoms with E-state index in [1.165, 1.54) is 6.07 Å². The number of amides is 5. The first-order chi connectivity index (χ1) is 10.9. The second-order valence-corrected chi connectivity index (χ2v) is 7.30. The Bertz CT molecular complexity index is 696. The van der Waals surface area contributed by atoms with Crippen molar-refractivity contribution in [2.24, 2.45) is 5.73 Å². The van der Waals surface area contributed by atoms with Gasteiger partial charge in [-0.2, -0.15) is 11.8 Å². The molecule has 1 spiro atoms. The summed E-state index contributed by atoms with van der Waals surface area (Å²) in [5.41, 5.74) is 4.53. The lowest BCUT2D eigenvalue weighted by molar-refractivity contribution is -0.133. The van der Waals surface area contributed by atoms with E-state index in [0.717, 1.165) is 22.0 Å². The summed E-state index contributed by atoms with van der Waals surface area (Å²) < 4.78 is 0. The summed E-state index contributed by atoms with van der Waals surface area (Å²) in [6, 6.07) is 0.940. The second-order valence-electron chi connectivity index (χ2n) is 5.28. The number of nitrogens with two attached hydrogens (primary N) is 1. The molecule has 0 radical (unpaired) electrons. The molecule has 0 aliphatic carbocycles. The number of imide groups is 1. The van der Waals surface area contributed by atoms with Crippen LogP contribution in [0.2, 0.25) is 0 Å². The number of thioether (sulfide) groups is 1. The number of thiophene rings is 1. The molecule has 23 heavy (non-hydrogen) atoms. The number of nitrogens with zero attached hydrogens (tertiary/aromatic N) is 1. The van der Waals surface area contributed by atoms with Crippen LogP contribution in [0.15, 0.2) is 11.4 Å². The van der Waals surface area contributed by atoms with Crippen molar-refractivity contribution in [2.45, 2.75) is 12.0 Å². The predicted octanol–water partition coefficient (Wildman–Crippen LogP) is 0.213. The van der Waals surface area contributed by atoms with E-state index >= 15 is 0 Å². The fourth-order valence-electron chi connectivity index (χ4n) is 2.56. The molecule has 4 N–H and O–H groups in total. The largest absolute Gasteiger partial charge is 0.366 e. The van der Waals surface area contributed by atoms with E-state index < -0.39 is 29.9 Å². The zero-order chi connectivity index (χ0) is 16.6. The van der Waals surface area contributed by atoms with Crippen LogP contribution in [0.1, 0.15) is 16.8 Å². The number of urea groups is 1. The van der Waals surface area contributed by atoms with E-state index in [1.54, 1.807) is 17.1 Å². The molecule has 1 aromatic heterocycles. The van der Waals surface area contributed by atoms with Crippen molar-refractivity contribution < 1.29 is 19.2 Å². The molecule has 3 rings (SSSR count). The van der Waals surface area contributed by atoms with Crippen molar-refractivity contribution in [1.82, 2.24) is 10.2 Å². The van der Waals surface area contributed by atoms with Crippen LogP contribution in [0.4, 0.5) is 9.80 Å². The first-order valence-corrected chi connectivity index (χ1v) is 8.85. The van der Waals surface area contributed by atoms with E-state index in [0.29, 0.717) is 17.2 Å². The Morgan fingerprint density at radius 1 is 1.43 bits per heavy atom. The molecule has 2 aliphatic heterocycles. The summed E-state index contributed by atoms with van der Waals surface area (Å²) >= 11 is 2.74. The van der Waals surface area contributed by atoms with Crippen LogP contribution >= 0.6 is 23.1 Å². The fourth-order valence-corrected chi connectivity index (χ4v) is 4.70. The van der Waals surface area contributed by atoms with Gasteiger partial charge < -0.3 is 16.4 Å². The number of anilines is 1. The van der Waals surface area contributed by atoms with Crippen LogP contribution in [-0.2, 0) is 9.59 Å². The number of primary amides is 1. The lowest BCUT2D eigenvalue weighted by atomic mass is 9.99. The van der Waals surface area contributed by atoms with Gasteiger partial charge in [0.2, 0.25) is 5.91 Å². The molecule has 0 saturated carbocycles. The first kappa shape index (κ1) is 15.8. The maximum absolute atomic E-state index is 12.4. The van der Waals surface area contributed by atoms with Crippen molar-refractivity contribution in [3.8, 4) is 0 Å². The molecule has 10 heteroatoms. The van der Waals surface area contributed by atoms with Gasteiger partial charge in [-0.15, -0.1) is 11.3 Å². The highest BCUT2D eigenvalue weighted by molar-refractivity contribution is 7.99. The van der Waals surface area contributed by atoms with Crippen molar-refractivity contribution in [2.75, 3.05) is 23.4 Å². The smallest absolute Gasteiger partial charge is 0.325 e. The summed E-state index contributed by atoms with van der Waals surface area (Å²) in [4.78, 5) is 48.7. The van der Waals surface area contributed by atoms with Gasteiger partial charge in [0.15, 0.2) is 0 Å². The predicted molar refractivity (Wildman–Crippen MR) is 86.4 cm³/mol. The summed E-state index contributed by atoms with van der Waals surface area (Å²) in [6.07, 6.45) is 0.567. The third-order valence-corrected chi connectivity index (χ3v) is 5.77. The molecule has 1 unspecified atom stereocenters. The normalized spacial score (nSPS) is 23.4. The lowest BCUT2D eigenvalue weighted by Crippen LogP contribution is -2.47. The zero-order valence-electron chi connectivity index (χ0n) is 12.0. The van der Waals surface area contributed by atoms with Gasteiger partial charge in [-0.3, -0.25) is 19.3 Å². The van der Waals surface area contributed by atoms with Crippen LogP contribution in [0.3, 0.4) is 0 Å². The van der Waals surface area contributed by atoms with Crippen LogP contribution in [0.25, 0.3) is 0 Å². The summed E-state index contributed by atoms with van der Waals surface area (Å²) in [5, 5.41) is 7.13. The topological polar surface area (TPSA) is 122 Å². The summed E-state index contributed by atoms with van der Waals surface area (Å²) in [6.45, 7) is -0.396. The molecule has 8 nitrogen and oxygen atoms in total. The van der Waals surface area contributed by atoms with Crippen molar-refractivity contribution in [1.29, 1.82) is 0 Å². The Balaban J connectivity index is 1.68. The molecule has 2 aliphatic rings. The minimum Gasteiger partial charge on any atom is -0.366 e. The number of rotatable bonds is 4. The van der Waals surface area contributed by atoms with E-state index in [1.807, 2.05) is 0 Å². The van der Waals surface area contributed by atoms with Gasteiger partial charge in [-0.25, -0.2) is 4.79 Å². The molecule has 3 heterocycles. The van der Waals surface area contributed by atoms with Crippen molar-refractivity contribution in [3.63, 3.8) is 0 Å². The highest BCUT2D eigenvalue weighted by Crippen LogP contribution is 2.33. The van der Waals surface area contributed by atoms with Crippen molar-refractivity contribution >= 4 is 51.9 Å². The average Bonchev–Trinajstić information content (AvgIpc) is 3.17. The Morgan fingerprint density at radius 2 is 2.22 bits per heavy atom. The molecule has 2 saturated heterocycles. The van der Waals surface area contributed by atoms with Crippen LogP contribution in [0.5, 0.6) is 0 Å². The molecule has 122 valence electrons. The van der Waals surface area contributed by atoms with Gasteiger partial charge in [0, 0.05) is 5.75 Å². The maximum atomic E-state index is 12.4. The minimum atomic E-state index is -0.872. The van der Waals surface area contributed by atoms with Gasteiger partial charge in [-0.1, -0.05) is 0 Å². The minimum absolute atomic E-state index is 0.198. The Hall–Kier alpha value is -2.07. The second kappa shape index (κ2) is 5.85. The van der Waals surface area contributed by atoms with Gasteiger partial charge in [-0.05, 0) is 23.6 Å². The van der Waals surface area contributed by atoms with Gasteiger partial charge in [0.05, 0.1) is 5.56 Å². The Morgan fingerprint density at radius 3 is 2.87 bits per heavy atom. The zero-order valence-corrected chi connectivity index (χ0v) is 13.6. The van der Waals surface area contributed by atoms with E-state index in [4.69, 9.17) is 5.73 Å². The van der Waals surface area contributed by atoms with E-state index in [2.05, 4.69) is 10.6 Å². The van der Waals surface area contributed by atoms with Crippen LogP contribution < -0.4 is 16.4 Å². The summed E-state index contributed by atoms with van der Waals surface area (Å²) in [7, 11) is 0. The molecule has 0 aromatic carbocycles. The standard InChI is InChI=1S/C13H14N4O4S2/c14-9(19)7-1-3-23-10(7)15-8(18)5-17-11(20)13(16-12(17)21)2-4-22-6-13/h1,3H,2,4-6H2,(H2,14,19)(H,15,18)(H,16,21). The fraction of sp³-hybridized carbons (Fsp3) is 0.385. The lowest BCUT2D eigenvalue weighted by Gasteiger charge is -2.19. The van der Waals surface area contributed by atoms with E-state index in [9.17, 15) is 19.2 Å². The van der Waals surface area contributed by atoms with Gasteiger partial charge >= 0.3 is 6.03 Å². The molecule has 0 bridgehead atoms. The molecule has 5 amide bonds. The van der Waals surface area contributed by atoms with Crippen LogP contribution in [0, 0.1) is 0 Å². The highest BCUT2D eigenvalue weighted by Gasteiger charge is 2.53. The number of carbonyl (C=O) groups is 4. The number of carbonyl (C=O) groups excluding carboxylic acids is 4. The number of nitrogens with one attached hydrogen (secondary N) is 2. The molecule has 2 fully saturated rings. The summed E-state index contributed by atoms with van der Waals surface area (Å²) in [5.74, 6) is -0.265. The monoisotopic (exact) mass is 354 g/mol. The van der Waals surface area contributed by atoms with E-state index in [-0.39, 0.29) is 11.5 Å². The third-order valence-electron chi connectivity index (χ3n) is 3.75. The van der Waals surface area contributed by atoms with Gasteiger partial charge in [0.1, 0.15) is 17.1 Å². The SMILES string of the molecule is NC(=O)c1ccsc1NC(=O)CN1C(=O)NC2(CCSC2)C1=O. The number of hydrogen-bond acceptors (Lipinski definition) is 6. The van der Waals surface area contributed by atoms with Crippen molar-refractivity contribution in [3.05, 3.63) is 17.0 Å². The molecule has 1 atom stereocenters. The molecule has 1 aromatic rings. The quantitative estimate of drug-likeness (QED) is 0.668. The first-order valence-electron chi connectivity index (χ1n) is 6.82. The van der Waals surface area contributed by atoms with Gasteiger partial charge in [0.25, 0.3) is 11.8 Å². The third kappa shape index (κ3) is 2.79. The Kier molecular flexibility index (Phi) is 4.02. The molecular weight excluding hydrogens is 340 g/mol. The number of hydrogen-bond donors (Lipinski definition) is 3. The Labute approximate surface area is 139 Å².